The molecule has 0 bridgehead atoms. The van der Waals surface area contributed by atoms with E-state index in [0.29, 0.717) is 16.5 Å². The van der Waals surface area contributed by atoms with E-state index in [4.69, 9.17) is 28.2 Å². The summed E-state index contributed by atoms with van der Waals surface area (Å²) < 4.78 is 8.41. The zero-order chi connectivity index (χ0) is 14.1. The van der Waals surface area contributed by atoms with Crippen LogP contribution < -0.4 is 5.32 Å². The number of rotatable bonds is 3. The van der Waals surface area contributed by atoms with Gasteiger partial charge in [-0.15, -0.1) is 0 Å². The smallest absolute Gasteiger partial charge is 0.271 e. The Morgan fingerprint density at radius 3 is 2.85 bits per heavy atom. The van der Waals surface area contributed by atoms with Gasteiger partial charge in [-0.1, -0.05) is 23.7 Å². The van der Waals surface area contributed by atoms with Gasteiger partial charge < -0.3 is 9.73 Å². The summed E-state index contributed by atoms with van der Waals surface area (Å²) in [5.74, 6) is 0. The molecule has 0 aliphatic rings. The second-order valence-electron chi connectivity index (χ2n) is 4.22. The van der Waals surface area contributed by atoms with Crippen LogP contribution in [-0.4, -0.2) is 4.57 Å². The monoisotopic (exact) mass is 368 g/mol. The van der Waals surface area contributed by atoms with E-state index in [9.17, 15) is 0 Å². The van der Waals surface area contributed by atoms with Gasteiger partial charge in [-0.2, -0.15) is 0 Å². The normalized spacial score (nSPS) is 10.9. The van der Waals surface area contributed by atoms with Crippen molar-refractivity contribution in [2.45, 2.75) is 6.67 Å². The molecule has 20 heavy (non-hydrogen) atoms. The highest BCUT2D eigenvalue weighted by molar-refractivity contribution is 9.10. The van der Waals surface area contributed by atoms with Gasteiger partial charge in [-0.25, -0.2) is 0 Å². The topological polar surface area (TPSA) is 30.1 Å². The van der Waals surface area contributed by atoms with E-state index in [0.717, 1.165) is 21.3 Å². The number of nitrogens with zero attached hydrogens (tertiary/aromatic N) is 1. The third-order valence-electron chi connectivity index (χ3n) is 2.93. The summed E-state index contributed by atoms with van der Waals surface area (Å²) in [5.41, 5.74) is 2.60. The van der Waals surface area contributed by atoms with Gasteiger partial charge >= 0.3 is 0 Å². The number of hydrogen-bond donors (Lipinski definition) is 1. The molecule has 3 aromatic rings. The minimum absolute atomic E-state index is 0.418. The maximum absolute atomic E-state index is 6.03. The molecule has 3 nitrogen and oxygen atoms in total. The molecule has 0 spiro atoms. The van der Waals surface area contributed by atoms with Gasteiger partial charge in [0.25, 0.3) is 4.84 Å². The number of para-hydroxylation sites is 1. The standard InChI is InChI=1S/C14H10BrClN2OS/c15-10-3-1-2-4-11(10)17-8-18-12-7-9(16)5-6-13(12)19-14(18)20/h1-7,17H,8H2. The van der Waals surface area contributed by atoms with Crippen molar-refractivity contribution in [3.8, 4) is 0 Å². The summed E-state index contributed by atoms with van der Waals surface area (Å²) in [6, 6.07) is 13.4. The Balaban J connectivity index is 1.95. The molecule has 0 amide bonds. The molecule has 0 unspecified atom stereocenters. The largest absolute Gasteiger partial charge is 0.429 e. The van der Waals surface area contributed by atoms with Crippen molar-refractivity contribution in [1.82, 2.24) is 4.57 Å². The minimum atomic E-state index is 0.418. The number of oxazole rings is 1. The Kier molecular flexibility index (Phi) is 3.83. The van der Waals surface area contributed by atoms with E-state index >= 15 is 0 Å². The molecular formula is C14H10BrClN2OS. The van der Waals surface area contributed by atoms with Gasteiger partial charge in [-0.05, 0) is 58.5 Å². The average molecular weight is 370 g/mol. The van der Waals surface area contributed by atoms with Crippen LogP contribution in [0.15, 0.2) is 51.4 Å². The number of fused-ring (bicyclic) bond motifs is 1. The van der Waals surface area contributed by atoms with Gasteiger partial charge in [0, 0.05) is 15.2 Å². The predicted molar refractivity (Wildman–Crippen MR) is 87.8 cm³/mol. The molecule has 1 aromatic heterocycles. The number of anilines is 1. The quantitative estimate of drug-likeness (QED) is 0.623. The molecule has 0 fully saturated rings. The van der Waals surface area contributed by atoms with E-state index in [-0.39, 0.29) is 0 Å². The predicted octanol–water partition coefficient (Wildman–Crippen LogP) is 5.45. The molecule has 0 radical (unpaired) electrons. The van der Waals surface area contributed by atoms with Crippen molar-refractivity contribution in [2.75, 3.05) is 5.32 Å². The lowest BCUT2D eigenvalue weighted by atomic mass is 10.3. The molecule has 0 aliphatic carbocycles. The van der Waals surface area contributed by atoms with Gasteiger partial charge in [0.15, 0.2) is 5.58 Å². The Morgan fingerprint density at radius 1 is 1.25 bits per heavy atom. The third kappa shape index (κ3) is 2.61. The zero-order valence-corrected chi connectivity index (χ0v) is 13.4. The van der Waals surface area contributed by atoms with Crippen LogP contribution in [0.1, 0.15) is 0 Å². The maximum Gasteiger partial charge on any atom is 0.271 e. The van der Waals surface area contributed by atoms with E-state index < -0.39 is 0 Å². The molecule has 0 aliphatic heterocycles. The molecule has 102 valence electrons. The lowest BCUT2D eigenvalue weighted by Gasteiger charge is -2.09. The van der Waals surface area contributed by atoms with E-state index in [2.05, 4.69) is 21.2 Å². The Hall–Kier alpha value is -1.30. The molecule has 6 heteroatoms. The fourth-order valence-electron chi connectivity index (χ4n) is 1.95. The first kappa shape index (κ1) is 13.7. The Labute approximate surface area is 134 Å². The lowest BCUT2D eigenvalue weighted by molar-refractivity contribution is 0.546. The second-order valence-corrected chi connectivity index (χ2v) is 5.86. The van der Waals surface area contributed by atoms with Gasteiger partial charge in [0.05, 0.1) is 12.2 Å². The van der Waals surface area contributed by atoms with Crippen LogP contribution in [0, 0.1) is 4.84 Å². The van der Waals surface area contributed by atoms with E-state index in [1.807, 2.05) is 41.0 Å². The minimum Gasteiger partial charge on any atom is -0.429 e. The summed E-state index contributed by atoms with van der Waals surface area (Å²) in [4.78, 5) is 0.418. The third-order valence-corrected chi connectivity index (χ3v) is 4.16. The molecular weight excluding hydrogens is 360 g/mol. The molecule has 0 saturated carbocycles. The van der Waals surface area contributed by atoms with Crippen LogP contribution in [0.2, 0.25) is 5.02 Å². The van der Waals surface area contributed by atoms with Crippen molar-refractivity contribution in [3.63, 3.8) is 0 Å². The van der Waals surface area contributed by atoms with E-state index in [1.165, 1.54) is 0 Å². The summed E-state index contributed by atoms with van der Waals surface area (Å²) in [7, 11) is 0. The van der Waals surface area contributed by atoms with Crippen LogP contribution >= 0.6 is 39.7 Å². The number of benzene rings is 2. The van der Waals surface area contributed by atoms with Crippen molar-refractivity contribution in [2.24, 2.45) is 0 Å². The number of hydrogen-bond acceptors (Lipinski definition) is 3. The maximum atomic E-state index is 6.03. The van der Waals surface area contributed by atoms with Crippen molar-refractivity contribution in [3.05, 3.63) is 56.8 Å². The van der Waals surface area contributed by atoms with Crippen molar-refractivity contribution in [1.29, 1.82) is 0 Å². The highest BCUT2D eigenvalue weighted by Crippen LogP contribution is 2.24. The van der Waals surface area contributed by atoms with Crippen LogP contribution in [0.5, 0.6) is 0 Å². The first-order valence-corrected chi connectivity index (χ1v) is 7.50. The van der Waals surface area contributed by atoms with Crippen LogP contribution in [-0.2, 0) is 6.67 Å². The first-order valence-electron chi connectivity index (χ1n) is 5.92. The Bertz CT molecular complexity index is 827. The molecule has 3 rings (SSSR count). The Morgan fingerprint density at radius 2 is 2.05 bits per heavy atom. The molecule has 0 atom stereocenters. The van der Waals surface area contributed by atoms with Crippen molar-refractivity contribution >= 4 is 56.5 Å². The highest BCUT2D eigenvalue weighted by atomic mass is 79.9. The molecule has 1 heterocycles. The van der Waals surface area contributed by atoms with Crippen molar-refractivity contribution < 1.29 is 4.42 Å². The van der Waals surface area contributed by atoms with Crippen LogP contribution in [0.3, 0.4) is 0 Å². The first-order chi connectivity index (χ1) is 9.65. The number of aromatic nitrogens is 1. The van der Waals surface area contributed by atoms with E-state index in [1.54, 1.807) is 6.07 Å². The summed E-state index contributed by atoms with van der Waals surface area (Å²) in [6.07, 6.45) is 0. The number of nitrogens with one attached hydrogen (secondary N) is 1. The van der Waals surface area contributed by atoms with Gasteiger partial charge in [0.1, 0.15) is 0 Å². The number of halogens is 2. The average Bonchev–Trinajstić information content (AvgIpc) is 2.73. The SMILES string of the molecule is S=c1oc2ccc(Cl)cc2n1CNc1ccccc1Br. The fraction of sp³-hybridized carbons (Fsp3) is 0.0714. The molecule has 0 saturated heterocycles. The zero-order valence-electron chi connectivity index (χ0n) is 10.3. The summed E-state index contributed by atoms with van der Waals surface area (Å²) >= 11 is 14.8. The fourth-order valence-corrected chi connectivity index (χ4v) is 2.80. The lowest BCUT2D eigenvalue weighted by Crippen LogP contribution is -2.08. The second kappa shape index (κ2) is 5.60. The summed E-state index contributed by atoms with van der Waals surface area (Å²) in [6.45, 7) is 0.509. The van der Waals surface area contributed by atoms with Gasteiger partial charge in [0.2, 0.25) is 0 Å². The molecule has 2 aromatic carbocycles. The van der Waals surface area contributed by atoms with Crippen LogP contribution in [0.4, 0.5) is 5.69 Å². The van der Waals surface area contributed by atoms with Gasteiger partial charge in [-0.3, -0.25) is 4.57 Å². The molecule has 1 N–H and O–H groups in total. The summed E-state index contributed by atoms with van der Waals surface area (Å²) in [5, 5.41) is 3.97. The van der Waals surface area contributed by atoms with Crippen LogP contribution in [0.25, 0.3) is 11.1 Å². The highest BCUT2D eigenvalue weighted by Gasteiger charge is 2.07.